The summed E-state index contributed by atoms with van der Waals surface area (Å²) >= 11 is 0. The molecule has 0 saturated carbocycles. The lowest BCUT2D eigenvalue weighted by Gasteiger charge is -2.23. The highest BCUT2D eigenvalue weighted by Gasteiger charge is 2.12. The lowest BCUT2D eigenvalue weighted by atomic mass is 10.2. The molecule has 0 fully saturated rings. The van der Waals surface area contributed by atoms with Crippen molar-refractivity contribution in [3.05, 3.63) is 0 Å². The maximum absolute atomic E-state index is 12.1. The van der Waals surface area contributed by atoms with E-state index >= 15 is 0 Å². The maximum Gasteiger partial charge on any atom is 0.223 e. The summed E-state index contributed by atoms with van der Waals surface area (Å²) in [6, 6.07) is 0. The van der Waals surface area contributed by atoms with E-state index in [1.54, 1.807) is 0 Å². The van der Waals surface area contributed by atoms with E-state index < -0.39 is 0 Å². The highest BCUT2D eigenvalue weighted by atomic mass is 16.2. The van der Waals surface area contributed by atoms with Gasteiger partial charge in [0.1, 0.15) is 0 Å². The van der Waals surface area contributed by atoms with Crippen LogP contribution in [0.5, 0.6) is 0 Å². The van der Waals surface area contributed by atoms with E-state index in [2.05, 4.69) is 23.6 Å². The lowest BCUT2D eigenvalue weighted by molar-refractivity contribution is -0.131. The molecule has 0 bridgehead atoms. The number of amides is 1. The van der Waals surface area contributed by atoms with Gasteiger partial charge < -0.3 is 9.80 Å². The molecule has 3 nitrogen and oxygen atoms in total. The molecule has 0 spiro atoms. The molecular formula is C15H32N2O. The SMILES string of the molecule is CCCCCN(CCCCC)C(=O)CCN(C)C. The Labute approximate surface area is 114 Å². The van der Waals surface area contributed by atoms with E-state index in [-0.39, 0.29) is 0 Å². The minimum Gasteiger partial charge on any atom is -0.343 e. The molecule has 0 aliphatic carbocycles. The molecule has 0 aromatic heterocycles. The number of hydrogen-bond donors (Lipinski definition) is 0. The standard InChI is InChI=1S/C15H32N2O/c1-5-7-9-12-17(13-10-8-6-2)15(18)11-14-16(3)4/h5-14H2,1-4H3. The third kappa shape index (κ3) is 9.46. The fourth-order valence-electron chi connectivity index (χ4n) is 1.94. The van der Waals surface area contributed by atoms with Gasteiger partial charge in [-0.1, -0.05) is 39.5 Å². The highest BCUT2D eigenvalue weighted by molar-refractivity contribution is 5.76. The zero-order valence-corrected chi connectivity index (χ0v) is 12.9. The number of rotatable bonds is 11. The molecule has 0 aromatic carbocycles. The molecule has 3 heteroatoms. The van der Waals surface area contributed by atoms with E-state index in [0.29, 0.717) is 12.3 Å². The van der Waals surface area contributed by atoms with Gasteiger partial charge in [-0.2, -0.15) is 0 Å². The molecular weight excluding hydrogens is 224 g/mol. The van der Waals surface area contributed by atoms with Gasteiger partial charge >= 0.3 is 0 Å². The zero-order valence-electron chi connectivity index (χ0n) is 12.9. The Kier molecular flexibility index (Phi) is 11.2. The first-order chi connectivity index (χ1) is 8.61. The summed E-state index contributed by atoms with van der Waals surface area (Å²) in [5.41, 5.74) is 0. The van der Waals surface area contributed by atoms with Gasteiger partial charge in [-0.05, 0) is 26.9 Å². The Hall–Kier alpha value is -0.570. The van der Waals surface area contributed by atoms with E-state index in [1.807, 2.05) is 14.1 Å². The van der Waals surface area contributed by atoms with Gasteiger partial charge in [-0.15, -0.1) is 0 Å². The number of hydrogen-bond acceptors (Lipinski definition) is 2. The molecule has 0 aromatic rings. The van der Waals surface area contributed by atoms with Gasteiger partial charge in [0, 0.05) is 26.1 Å². The van der Waals surface area contributed by atoms with Crippen LogP contribution in [0.25, 0.3) is 0 Å². The van der Waals surface area contributed by atoms with Crippen molar-refractivity contribution in [2.45, 2.75) is 58.8 Å². The fourth-order valence-corrected chi connectivity index (χ4v) is 1.94. The number of carbonyl (C=O) groups is 1. The summed E-state index contributed by atoms with van der Waals surface area (Å²) in [6.45, 7) is 7.16. The van der Waals surface area contributed by atoms with Crippen molar-refractivity contribution in [3.8, 4) is 0 Å². The van der Waals surface area contributed by atoms with Gasteiger partial charge in [0.2, 0.25) is 5.91 Å². The molecule has 0 heterocycles. The largest absolute Gasteiger partial charge is 0.343 e. The molecule has 0 radical (unpaired) electrons. The van der Waals surface area contributed by atoms with Crippen molar-refractivity contribution in [3.63, 3.8) is 0 Å². The third-order valence-corrected chi connectivity index (χ3v) is 3.19. The molecule has 0 N–H and O–H groups in total. The Morgan fingerprint density at radius 1 is 0.833 bits per heavy atom. The average molecular weight is 256 g/mol. The van der Waals surface area contributed by atoms with Crippen LogP contribution in [-0.4, -0.2) is 49.4 Å². The van der Waals surface area contributed by atoms with Crippen LogP contribution in [0.4, 0.5) is 0 Å². The molecule has 1 amide bonds. The molecule has 108 valence electrons. The van der Waals surface area contributed by atoms with Crippen LogP contribution in [0.15, 0.2) is 0 Å². The summed E-state index contributed by atoms with van der Waals surface area (Å²) < 4.78 is 0. The molecule has 0 rings (SSSR count). The van der Waals surface area contributed by atoms with Gasteiger partial charge in [-0.3, -0.25) is 4.79 Å². The normalized spacial score (nSPS) is 10.9. The number of carbonyl (C=O) groups excluding carboxylic acids is 1. The van der Waals surface area contributed by atoms with Crippen LogP contribution in [-0.2, 0) is 4.79 Å². The van der Waals surface area contributed by atoms with Crippen LogP contribution in [0.2, 0.25) is 0 Å². The molecule has 0 unspecified atom stereocenters. The minimum absolute atomic E-state index is 0.330. The summed E-state index contributed by atoms with van der Waals surface area (Å²) in [6.07, 6.45) is 7.85. The van der Waals surface area contributed by atoms with Gasteiger partial charge in [0.25, 0.3) is 0 Å². The fraction of sp³-hybridized carbons (Fsp3) is 0.933. The molecule has 0 aliphatic heterocycles. The topological polar surface area (TPSA) is 23.6 Å². The summed E-state index contributed by atoms with van der Waals surface area (Å²) in [4.78, 5) is 16.3. The van der Waals surface area contributed by atoms with E-state index in [9.17, 15) is 4.79 Å². The van der Waals surface area contributed by atoms with Gasteiger partial charge in [0.05, 0.1) is 0 Å². The van der Waals surface area contributed by atoms with Gasteiger partial charge in [-0.25, -0.2) is 0 Å². The Morgan fingerprint density at radius 3 is 1.72 bits per heavy atom. The molecule has 0 saturated heterocycles. The highest BCUT2D eigenvalue weighted by Crippen LogP contribution is 2.05. The maximum atomic E-state index is 12.1. The Bertz CT molecular complexity index is 195. The van der Waals surface area contributed by atoms with Crippen molar-refractivity contribution in [2.75, 3.05) is 33.7 Å². The first-order valence-corrected chi connectivity index (χ1v) is 7.54. The van der Waals surface area contributed by atoms with E-state index in [4.69, 9.17) is 0 Å². The van der Waals surface area contributed by atoms with E-state index in [1.165, 1.54) is 25.7 Å². The second-order valence-corrected chi connectivity index (χ2v) is 5.35. The van der Waals surface area contributed by atoms with Crippen molar-refractivity contribution < 1.29 is 4.79 Å². The quantitative estimate of drug-likeness (QED) is 0.530. The Balaban J connectivity index is 4.03. The van der Waals surface area contributed by atoms with Crippen molar-refractivity contribution >= 4 is 5.91 Å². The minimum atomic E-state index is 0.330. The van der Waals surface area contributed by atoms with E-state index in [0.717, 1.165) is 32.5 Å². The van der Waals surface area contributed by atoms with Crippen molar-refractivity contribution in [1.82, 2.24) is 9.80 Å². The van der Waals surface area contributed by atoms with Gasteiger partial charge in [0.15, 0.2) is 0 Å². The molecule has 0 aliphatic rings. The number of nitrogens with zero attached hydrogens (tertiary/aromatic N) is 2. The molecule has 18 heavy (non-hydrogen) atoms. The second-order valence-electron chi connectivity index (χ2n) is 5.35. The monoisotopic (exact) mass is 256 g/mol. The van der Waals surface area contributed by atoms with Crippen LogP contribution in [0, 0.1) is 0 Å². The summed E-state index contributed by atoms with van der Waals surface area (Å²) in [7, 11) is 4.04. The second kappa shape index (κ2) is 11.5. The third-order valence-electron chi connectivity index (χ3n) is 3.19. The van der Waals surface area contributed by atoms with Crippen LogP contribution >= 0.6 is 0 Å². The van der Waals surface area contributed by atoms with Crippen LogP contribution < -0.4 is 0 Å². The zero-order chi connectivity index (χ0) is 13.8. The summed E-state index contributed by atoms with van der Waals surface area (Å²) in [5.74, 6) is 0.330. The van der Waals surface area contributed by atoms with Crippen molar-refractivity contribution in [2.24, 2.45) is 0 Å². The van der Waals surface area contributed by atoms with Crippen LogP contribution in [0.3, 0.4) is 0 Å². The number of unbranched alkanes of at least 4 members (excludes halogenated alkanes) is 4. The van der Waals surface area contributed by atoms with Crippen LogP contribution in [0.1, 0.15) is 58.8 Å². The first kappa shape index (κ1) is 17.4. The predicted octanol–water partition coefficient (Wildman–Crippen LogP) is 3.15. The average Bonchev–Trinajstić information content (AvgIpc) is 2.34. The Morgan fingerprint density at radius 2 is 1.33 bits per heavy atom. The van der Waals surface area contributed by atoms with Crippen molar-refractivity contribution in [1.29, 1.82) is 0 Å². The smallest absolute Gasteiger partial charge is 0.223 e. The summed E-state index contributed by atoms with van der Waals surface area (Å²) in [5, 5.41) is 0. The predicted molar refractivity (Wildman–Crippen MR) is 78.8 cm³/mol. The lowest BCUT2D eigenvalue weighted by Crippen LogP contribution is -2.34. The molecule has 0 atom stereocenters. The first-order valence-electron chi connectivity index (χ1n) is 7.54.